The molecule has 0 aliphatic carbocycles. The van der Waals surface area contributed by atoms with E-state index in [4.69, 9.17) is 37.9 Å². The van der Waals surface area contributed by atoms with Crippen LogP contribution < -0.4 is 18.9 Å². The van der Waals surface area contributed by atoms with Crippen LogP contribution in [-0.2, 0) is 64.3 Å². The number of carbonyl (C=O) groups is 12. The third-order valence-electron chi connectivity index (χ3n) is 21.2. The van der Waals surface area contributed by atoms with Crippen LogP contribution in [0.3, 0.4) is 0 Å². The van der Waals surface area contributed by atoms with E-state index >= 15 is 38.4 Å². The Morgan fingerprint density at radius 1 is 0.309 bits per heavy atom. The van der Waals surface area contributed by atoms with Gasteiger partial charge in [0.15, 0.2) is 47.3 Å². The molecule has 11 fully saturated rings. The van der Waals surface area contributed by atoms with Crippen LogP contribution in [0.4, 0.5) is 38.4 Å². The molecule has 36 heteroatoms. The normalized spacial score (nSPS) is 29.4. The van der Waals surface area contributed by atoms with E-state index in [1.165, 1.54) is 106 Å². The highest BCUT2D eigenvalue weighted by Gasteiger charge is 2.80. The summed E-state index contributed by atoms with van der Waals surface area (Å²) in [5.74, 6) is -0.873. The number of urea groups is 8. The van der Waals surface area contributed by atoms with Crippen LogP contribution in [-0.4, -0.2) is 291 Å². The van der Waals surface area contributed by atoms with Crippen molar-refractivity contribution in [2.45, 2.75) is 129 Å². The average molecular weight is 1310 g/mol. The fraction of sp³-hybridized carbons (Fsp3) is 0.586. The number of nitrogens with zero attached hydrogens (tertiary/aromatic N) is 16. The molecule has 0 saturated carbocycles. The fourth-order valence-electron chi connectivity index (χ4n) is 16.5. The number of amides is 16. The topological polar surface area (TPSA) is 331 Å². The van der Waals surface area contributed by atoms with E-state index in [0.29, 0.717) is 45.3 Å². The largest absolute Gasteiger partial charge is 0.490 e. The summed E-state index contributed by atoms with van der Waals surface area (Å²) in [6.45, 7) is 7.77. The van der Waals surface area contributed by atoms with E-state index in [-0.39, 0.29) is 79.0 Å². The van der Waals surface area contributed by atoms with Crippen molar-refractivity contribution >= 4 is 72.1 Å². The molecule has 0 atom stereocenters. The Kier molecular flexibility index (Phi) is 13.1. The summed E-state index contributed by atoms with van der Waals surface area (Å²) in [6, 6.07) is 1.44. The lowest BCUT2D eigenvalue weighted by atomic mass is 9.95. The summed E-state index contributed by atoms with van der Waals surface area (Å²) < 4.78 is 45.3. The number of rotatable bonds is 16. The molecule has 13 aliphatic heterocycles. The van der Waals surface area contributed by atoms with Crippen molar-refractivity contribution in [2.24, 2.45) is 0 Å². The quantitative estimate of drug-likeness (QED) is 0.129. The third kappa shape index (κ3) is 7.76. The van der Waals surface area contributed by atoms with Crippen molar-refractivity contribution in [1.29, 1.82) is 0 Å². The van der Waals surface area contributed by atoms with Crippen LogP contribution in [0.2, 0.25) is 0 Å². The molecular formula is C58H68N16O20. The van der Waals surface area contributed by atoms with Gasteiger partial charge in [0, 0.05) is 49.9 Å². The summed E-state index contributed by atoms with van der Waals surface area (Å²) >= 11 is 0. The summed E-state index contributed by atoms with van der Waals surface area (Å²) in [5.41, 5.74) is -4.48. The molecule has 2 aromatic rings. The summed E-state index contributed by atoms with van der Waals surface area (Å²) in [5, 5.41) is 0. The van der Waals surface area contributed by atoms with Gasteiger partial charge in [-0.3, -0.25) is 97.6 Å². The van der Waals surface area contributed by atoms with E-state index in [1.807, 2.05) is 0 Å². The van der Waals surface area contributed by atoms with Gasteiger partial charge in [-0.25, -0.2) is 38.4 Å². The lowest BCUT2D eigenvalue weighted by Crippen LogP contribution is -2.69. The molecule has 0 N–H and O–H groups in total. The Bertz CT molecular complexity index is 3330. The van der Waals surface area contributed by atoms with Crippen LogP contribution in [0.15, 0.2) is 24.3 Å². The number of esters is 4. The second-order valence-corrected chi connectivity index (χ2v) is 25.5. The van der Waals surface area contributed by atoms with Crippen molar-refractivity contribution in [2.75, 3.05) is 92.9 Å². The van der Waals surface area contributed by atoms with Crippen molar-refractivity contribution in [3.63, 3.8) is 0 Å². The molecule has 0 unspecified atom stereocenters. The minimum absolute atomic E-state index is 0.0687. The van der Waals surface area contributed by atoms with Crippen LogP contribution >= 0.6 is 0 Å². The van der Waals surface area contributed by atoms with Crippen molar-refractivity contribution in [1.82, 2.24) is 78.4 Å². The second kappa shape index (κ2) is 20.6. The Morgan fingerprint density at radius 3 is 0.702 bits per heavy atom. The zero-order chi connectivity index (χ0) is 66.3. The number of hydrogen-bond acceptors (Lipinski definition) is 20. The maximum atomic E-state index is 15.6. The Hall–Kier alpha value is -10.3. The highest BCUT2D eigenvalue weighted by Crippen LogP contribution is 2.59. The molecule has 36 nitrogen and oxygen atoms in total. The van der Waals surface area contributed by atoms with Crippen molar-refractivity contribution < 1.29 is 95.4 Å². The standard InChI is InChI=1S/C58H68N16O20/c1-31(75)87-13-17-91-39-9-10-40(92-18-14-88-32(2)76)36-22-68-52(84)72-28-64-45-43-59(47(79)63(45)27-71-51(83)67(21-35(36)39)55(68,5)57(71,72)7)25-61-44-46-65(49(61)81)29-73-53(85)69-23-37-38(42(94-20-16-90-34(4)78)12-11-41(37)93-19-15-89-33(3)77)24-70-54(86)74(58(73,8)56(69,70)6)30-66(46)50(82)62(44)26-60(43)48(64)80/h9-12,43-46H,13-30H2,1-8H3. The highest BCUT2D eigenvalue weighted by atomic mass is 16.6. The predicted octanol–water partition coefficient (Wildman–Crippen LogP) is 1.04. The molecule has 2 aromatic carbocycles. The average Bonchev–Trinajstić information content (AvgIpc) is 1.50. The lowest BCUT2D eigenvalue weighted by molar-refractivity contribution is -0.142. The lowest BCUT2D eigenvalue weighted by Gasteiger charge is -2.49. The van der Waals surface area contributed by atoms with Gasteiger partial charge in [-0.2, -0.15) is 0 Å². The zero-order valence-corrected chi connectivity index (χ0v) is 52.7. The Balaban J connectivity index is 0.753. The predicted molar refractivity (Wildman–Crippen MR) is 307 cm³/mol. The van der Waals surface area contributed by atoms with E-state index < -0.39 is 159 Å². The van der Waals surface area contributed by atoms with Crippen LogP contribution in [0.25, 0.3) is 0 Å². The number of carbonyl (C=O) groups excluding carboxylic acids is 12. The van der Waals surface area contributed by atoms with Gasteiger partial charge in [-0.05, 0) is 52.0 Å². The van der Waals surface area contributed by atoms with Gasteiger partial charge in [0.05, 0.1) is 26.2 Å². The second-order valence-electron chi connectivity index (χ2n) is 25.5. The molecule has 15 rings (SSSR count). The molecule has 0 spiro atoms. The Morgan fingerprint density at radius 2 is 0.500 bits per heavy atom. The zero-order valence-electron chi connectivity index (χ0n) is 52.7. The first kappa shape index (κ1) is 60.0. The molecule has 0 aromatic heterocycles. The maximum absolute atomic E-state index is 15.6. The van der Waals surface area contributed by atoms with Gasteiger partial charge < -0.3 is 37.9 Å². The van der Waals surface area contributed by atoms with Gasteiger partial charge in [0.2, 0.25) is 0 Å². The van der Waals surface area contributed by atoms with Crippen molar-refractivity contribution in [3.05, 3.63) is 46.5 Å². The van der Waals surface area contributed by atoms with Crippen LogP contribution in [0.1, 0.15) is 77.6 Å². The molecule has 13 aliphatic rings. The Labute approximate surface area is 535 Å². The van der Waals surface area contributed by atoms with E-state index in [9.17, 15) is 19.2 Å². The third-order valence-corrected chi connectivity index (χ3v) is 21.2. The number of benzene rings is 2. The number of ether oxygens (including phenoxy) is 8. The smallest absolute Gasteiger partial charge is 0.326 e. The summed E-state index contributed by atoms with van der Waals surface area (Å²) in [4.78, 5) is 194. The highest BCUT2D eigenvalue weighted by molar-refractivity contribution is 5.94. The molecule has 500 valence electrons. The van der Waals surface area contributed by atoms with Gasteiger partial charge in [0.25, 0.3) is 0 Å². The minimum atomic E-state index is -1.62. The van der Waals surface area contributed by atoms with Gasteiger partial charge in [-0.1, -0.05) is 0 Å². The van der Waals surface area contributed by atoms with Gasteiger partial charge in [0.1, 0.15) is 116 Å². The SMILES string of the molecule is CC(=O)OCCOc1ccc(OCCOC(C)=O)c2c1CN1C(=O)N3CN4C(=O)N5CN6C(=O)N7CN8C(=O)N9Cc%10c(OCCOC(C)=O)ccc(OCCOC(C)=O)c%10CN%10C(=O)N(CN%11C(=O)N(CN%12C(=O)N(CN%13C(=O)N(C2)C1(C)C3%13C)C4C5%12)C6C7%11)C8(C)C9%10C. The number of fused-ring (bicyclic) bond motifs is 2. The maximum Gasteiger partial charge on any atom is 0.326 e. The molecule has 94 heavy (non-hydrogen) atoms. The van der Waals surface area contributed by atoms with Crippen LogP contribution in [0, 0.1) is 0 Å². The van der Waals surface area contributed by atoms with Crippen LogP contribution in [0.5, 0.6) is 23.0 Å². The van der Waals surface area contributed by atoms with Crippen molar-refractivity contribution in [3.8, 4) is 23.0 Å². The summed E-state index contributed by atoms with van der Waals surface area (Å²) in [7, 11) is 0. The first-order valence-electron chi connectivity index (χ1n) is 30.8. The molecular weight excluding hydrogens is 1240 g/mol. The van der Waals surface area contributed by atoms with E-state index in [0.717, 1.165) is 0 Å². The molecule has 16 amide bonds. The molecule has 13 heterocycles. The molecule has 11 saturated heterocycles. The molecule has 0 radical (unpaired) electrons. The van der Waals surface area contributed by atoms with E-state index in [1.54, 1.807) is 52.0 Å². The minimum Gasteiger partial charge on any atom is -0.490 e. The van der Waals surface area contributed by atoms with E-state index in [2.05, 4.69) is 0 Å². The fourth-order valence-corrected chi connectivity index (χ4v) is 16.5. The first-order valence-corrected chi connectivity index (χ1v) is 30.8. The first-order chi connectivity index (χ1) is 44.8. The number of hydrogen-bond donors (Lipinski definition) is 0. The molecule has 0 bridgehead atoms. The monoisotopic (exact) mass is 1310 g/mol. The van der Waals surface area contributed by atoms with Gasteiger partial charge in [-0.15, -0.1) is 0 Å². The summed E-state index contributed by atoms with van der Waals surface area (Å²) in [6.07, 6.45) is -4.84. The van der Waals surface area contributed by atoms with Gasteiger partial charge >= 0.3 is 72.1 Å².